The predicted octanol–water partition coefficient (Wildman–Crippen LogP) is 1.76. The first kappa shape index (κ1) is 13.8. The van der Waals surface area contributed by atoms with Crippen LogP contribution in [0.15, 0.2) is 18.3 Å². The number of nitrogens with two attached hydrogens (primary N) is 1. The third kappa shape index (κ3) is 3.44. The lowest BCUT2D eigenvalue weighted by Crippen LogP contribution is -2.35. The van der Waals surface area contributed by atoms with Crippen LogP contribution in [0.1, 0.15) is 36.0 Å². The molecule has 2 atom stereocenters. The molecule has 2 N–H and O–H groups in total. The van der Waals surface area contributed by atoms with Crippen LogP contribution in [-0.2, 0) is 4.74 Å². The van der Waals surface area contributed by atoms with Crippen LogP contribution in [0.2, 0.25) is 0 Å². The van der Waals surface area contributed by atoms with E-state index in [0.29, 0.717) is 23.9 Å². The number of aromatic nitrogens is 1. The molecule has 1 saturated carbocycles. The molecule has 19 heavy (non-hydrogen) atoms. The molecule has 0 aliphatic heterocycles. The number of carbonyl (C=O) groups is 1. The first-order valence-corrected chi connectivity index (χ1v) is 6.65. The minimum absolute atomic E-state index is 0.0964. The van der Waals surface area contributed by atoms with E-state index in [9.17, 15) is 4.79 Å². The van der Waals surface area contributed by atoms with Gasteiger partial charge in [-0.25, -0.2) is 9.78 Å². The van der Waals surface area contributed by atoms with Crippen molar-refractivity contribution in [2.75, 3.05) is 13.7 Å². The molecule has 0 saturated heterocycles. The van der Waals surface area contributed by atoms with Crippen molar-refractivity contribution in [1.82, 2.24) is 4.98 Å². The van der Waals surface area contributed by atoms with E-state index in [1.54, 1.807) is 18.3 Å². The smallest absolute Gasteiger partial charge is 0.338 e. The lowest BCUT2D eigenvalue weighted by Gasteiger charge is -2.30. The molecule has 0 radical (unpaired) electrons. The van der Waals surface area contributed by atoms with Gasteiger partial charge in [-0.05, 0) is 31.9 Å². The van der Waals surface area contributed by atoms with Crippen LogP contribution in [0.5, 0.6) is 5.88 Å². The highest BCUT2D eigenvalue weighted by molar-refractivity contribution is 5.89. The van der Waals surface area contributed by atoms with Crippen LogP contribution in [0.25, 0.3) is 0 Å². The highest BCUT2D eigenvalue weighted by Gasteiger charge is 2.26. The molecule has 2 unspecified atom stereocenters. The van der Waals surface area contributed by atoms with E-state index in [4.69, 9.17) is 10.5 Å². The zero-order valence-electron chi connectivity index (χ0n) is 11.2. The van der Waals surface area contributed by atoms with Crippen molar-refractivity contribution in [2.45, 2.75) is 31.8 Å². The molecular weight excluding hydrogens is 244 g/mol. The van der Waals surface area contributed by atoms with E-state index in [1.165, 1.54) is 13.5 Å². The topological polar surface area (TPSA) is 74.4 Å². The van der Waals surface area contributed by atoms with Gasteiger partial charge in [0.2, 0.25) is 5.88 Å². The molecule has 2 rings (SSSR count). The predicted molar refractivity (Wildman–Crippen MR) is 71.0 cm³/mol. The summed E-state index contributed by atoms with van der Waals surface area (Å²) in [4.78, 5) is 15.6. The molecule has 1 aliphatic rings. The number of hydrogen-bond donors (Lipinski definition) is 1. The van der Waals surface area contributed by atoms with Crippen molar-refractivity contribution < 1.29 is 14.3 Å². The van der Waals surface area contributed by atoms with E-state index in [1.807, 2.05) is 0 Å². The largest absolute Gasteiger partial charge is 0.474 e. The van der Waals surface area contributed by atoms with Gasteiger partial charge in [-0.15, -0.1) is 0 Å². The Morgan fingerprint density at radius 1 is 1.47 bits per heavy atom. The molecule has 1 fully saturated rings. The Morgan fingerprint density at radius 2 is 2.26 bits per heavy atom. The van der Waals surface area contributed by atoms with Crippen molar-refractivity contribution in [2.24, 2.45) is 11.7 Å². The number of nitrogens with zero attached hydrogens (tertiary/aromatic N) is 1. The molecule has 0 amide bonds. The fourth-order valence-electron chi connectivity index (χ4n) is 2.47. The van der Waals surface area contributed by atoms with E-state index in [2.05, 4.69) is 9.72 Å². The van der Waals surface area contributed by atoms with E-state index < -0.39 is 0 Å². The summed E-state index contributed by atoms with van der Waals surface area (Å²) in [5, 5.41) is 0. The standard InChI is InChI=1S/C14H20N2O3/c1-18-14(17)10-6-7-16-13(8-10)19-12-5-3-2-4-11(12)9-15/h6-8,11-12H,2-5,9,15H2,1H3. The highest BCUT2D eigenvalue weighted by atomic mass is 16.5. The van der Waals surface area contributed by atoms with Gasteiger partial charge in [-0.2, -0.15) is 0 Å². The molecule has 0 spiro atoms. The maximum atomic E-state index is 11.5. The Kier molecular flexibility index (Phi) is 4.74. The van der Waals surface area contributed by atoms with Crippen molar-refractivity contribution in [3.63, 3.8) is 0 Å². The van der Waals surface area contributed by atoms with Gasteiger partial charge in [0, 0.05) is 18.2 Å². The van der Waals surface area contributed by atoms with Gasteiger partial charge in [0.15, 0.2) is 0 Å². The fourth-order valence-corrected chi connectivity index (χ4v) is 2.47. The Bertz CT molecular complexity index is 436. The summed E-state index contributed by atoms with van der Waals surface area (Å²) in [5.41, 5.74) is 6.22. The number of carbonyl (C=O) groups excluding carboxylic acids is 1. The lowest BCUT2D eigenvalue weighted by molar-refractivity contribution is 0.0597. The summed E-state index contributed by atoms with van der Waals surface area (Å²) in [6.07, 6.45) is 6.10. The third-order valence-corrected chi connectivity index (χ3v) is 3.57. The second-order valence-electron chi connectivity index (χ2n) is 4.81. The highest BCUT2D eigenvalue weighted by Crippen LogP contribution is 2.27. The SMILES string of the molecule is COC(=O)c1ccnc(OC2CCCCC2CN)c1. The maximum absolute atomic E-state index is 11.5. The first-order valence-electron chi connectivity index (χ1n) is 6.65. The van der Waals surface area contributed by atoms with Gasteiger partial charge in [-0.3, -0.25) is 0 Å². The number of esters is 1. The van der Waals surface area contributed by atoms with Crippen LogP contribution in [0, 0.1) is 5.92 Å². The lowest BCUT2D eigenvalue weighted by atomic mass is 9.86. The minimum atomic E-state index is -0.383. The zero-order chi connectivity index (χ0) is 13.7. The first-order chi connectivity index (χ1) is 9.24. The minimum Gasteiger partial charge on any atom is -0.474 e. The summed E-state index contributed by atoms with van der Waals surface area (Å²) < 4.78 is 10.6. The molecule has 0 aromatic carbocycles. The molecule has 5 heteroatoms. The van der Waals surface area contributed by atoms with Gasteiger partial charge in [-0.1, -0.05) is 6.42 Å². The Morgan fingerprint density at radius 3 is 3.00 bits per heavy atom. The molecule has 1 aromatic heterocycles. The average molecular weight is 264 g/mol. The third-order valence-electron chi connectivity index (χ3n) is 3.57. The second-order valence-corrected chi connectivity index (χ2v) is 4.81. The fraction of sp³-hybridized carbons (Fsp3) is 0.571. The van der Waals surface area contributed by atoms with Gasteiger partial charge in [0.05, 0.1) is 12.7 Å². The van der Waals surface area contributed by atoms with Crippen LogP contribution >= 0.6 is 0 Å². The van der Waals surface area contributed by atoms with Gasteiger partial charge < -0.3 is 15.2 Å². The van der Waals surface area contributed by atoms with Crippen molar-refractivity contribution >= 4 is 5.97 Å². The number of methoxy groups -OCH3 is 1. The second kappa shape index (κ2) is 6.52. The maximum Gasteiger partial charge on any atom is 0.338 e. The normalized spacial score (nSPS) is 22.8. The monoisotopic (exact) mass is 264 g/mol. The number of ether oxygens (including phenoxy) is 2. The molecule has 104 valence electrons. The molecule has 1 aromatic rings. The molecule has 1 heterocycles. The van der Waals surface area contributed by atoms with E-state index in [-0.39, 0.29) is 12.1 Å². The average Bonchev–Trinajstić information content (AvgIpc) is 2.47. The van der Waals surface area contributed by atoms with Crippen LogP contribution in [0.3, 0.4) is 0 Å². The quantitative estimate of drug-likeness (QED) is 0.839. The molecule has 5 nitrogen and oxygen atoms in total. The molecule has 1 aliphatic carbocycles. The van der Waals surface area contributed by atoms with Crippen LogP contribution in [-0.4, -0.2) is 30.7 Å². The Labute approximate surface area is 113 Å². The Hall–Kier alpha value is -1.62. The van der Waals surface area contributed by atoms with Crippen molar-refractivity contribution in [1.29, 1.82) is 0 Å². The summed E-state index contributed by atoms with van der Waals surface area (Å²) in [5.74, 6) is 0.455. The van der Waals surface area contributed by atoms with Gasteiger partial charge >= 0.3 is 5.97 Å². The number of hydrogen-bond acceptors (Lipinski definition) is 5. The molecular formula is C14H20N2O3. The van der Waals surface area contributed by atoms with Gasteiger partial charge in [0.25, 0.3) is 0 Å². The van der Waals surface area contributed by atoms with Crippen LogP contribution < -0.4 is 10.5 Å². The summed E-state index contributed by atoms with van der Waals surface area (Å²) in [6.45, 7) is 0.626. The van der Waals surface area contributed by atoms with Crippen molar-refractivity contribution in [3.05, 3.63) is 23.9 Å². The number of pyridine rings is 1. The summed E-state index contributed by atoms with van der Waals surface area (Å²) in [7, 11) is 1.36. The number of rotatable bonds is 4. The zero-order valence-corrected chi connectivity index (χ0v) is 11.2. The molecule has 0 bridgehead atoms. The Balaban J connectivity index is 2.07. The summed E-state index contributed by atoms with van der Waals surface area (Å²) >= 11 is 0. The van der Waals surface area contributed by atoms with Gasteiger partial charge in [0.1, 0.15) is 6.10 Å². The summed E-state index contributed by atoms with van der Waals surface area (Å²) in [6, 6.07) is 3.23. The van der Waals surface area contributed by atoms with Crippen LogP contribution in [0.4, 0.5) is 0 Å². The van der Waals surface area contributed by atoms with E-state index >= 15 is 0 Å². The van der Waals surface area contributed by atoms with Crippen molar-refractivity contribution in [3.8, 4) is 5.88 Å². The van der Waals surface area contributed by atoms with E-state index in [0.717, 1.165) is 19.3 Å².